The molecule has 1 atom stereocenters. The number of hydrogen-bond donors (Lipinski definition) is 2. The van der Waals surface area contributed by atoms with Crippen LogP contribution >= 0.6 is 15.9 Å². The van der Waals surface area contributed by atoms with E-state index in [4.69, 9.17) is 5.73 Å². The Hall–Kier alpha value is -2.15. The molecule has 0 aliphatic rings. The summed E-state index contributed by atoms with van der Waals surface area (Å²) in [5.41, 5.74) is 7.12. The zero-order valence-corrected chi connectivity index (χ0v) is 12.7. The van der Waals surface area contributed by atoms with Crippen LogP contribution in [0.5, 0.6) is 0 Å². The van der Waals surface area contributed by atoms with Crippen molar-refractivity contribution in [1.29, 1.82) is 0 Å². The van der Waals surface area contributed by atoms with Crippen molar-refractivity contribution < 1.29 is 9.31 Å². The minimum atomic E-state index is -0.674. The van der Waals surface area contributed by atoms with Crippen LogP contribution in [0.25, 0.3) is 0 Å². The summed E-state index contributed by atoms with van der Waals surface area (Å²) in [6.07, 6.45) is 0. The number of anilines is 2. The summed E-state index contributed by atoms with van der Waals surface area (Å²) in [5, 5.41) is 14.0. The molecule has 3 N–H and O–H groups in total. The predicted octanol–water partition coefficient (Wildman–Crippen LogP) is 4.25. The SMILES string of the molecule is CC(Nc1cc(Br)c(F)cc1[N+](=O)[O-])c1ccc(N)cc1. The largest absolute Gasteiger partial charge is 0.399 e. The Morgan fingerprint density at radius 2 is 1.95 bits per heavy atom. The molecule has 0 aliphatic heterocycles. The minimum absolute atomic E-state index is 0.167. The molecule has 1 unspecified atom stereocenters. The van der Waals surface area contributed by atoms with Crippen LogP contribution in [0.1, 0.15) is 18.5 Å². The van der Waals surface area contributed by atoms with E-state index >= 15 is 0 Å². The Kier molecular flexibility index (Phi) is 4.42. The third-order valence-corrected chi connectivity index (χ3v) is 3.65. The number of nitrogens with zero attached hydrogens (tertiary/aromatic N) is 1. The molecule has 0 saturated carbocycles. The number of nitrogen functional groups attached to an aromatic ring is 1. The summed E-state index contributed by atoms with van der Waals surface area (Å²) < 4.78 is 13.6. The Morgan fingerprint density at radius 1 is 1.33 bits per heavy atom. The molecule has 0 bridgehead atoms. The Balaban J connectivity index is 2.32. The van der Waals surface area contributed by atoms with Gasteiger partial charge in [-0.15, -0.1) is 0 Å². The molecule has 0 aromatic heterocycles. The maximum Gasteiger partial charge on any atom is 0.295 e. The standard InChI is InChI=1S/C14H13BrFN3O2/c1-8(9-2-4-10(17)5-3-9)18-13-6-11(15)12(16)7-14(13)19(20)21/h2-8,18H,17H2,1H3. The van der Waals surface area contributed by atoms with E-state index in [2.05, 4.69) is 21.2 Å². The second-order valence-corrected chi connectivity index (χ2v) is 5.43. The van der Waals surface area contributed by atoms with Crippen LogP contribution in [0.2, 0.25) is 0 Å². The lowest BCUT2D eigenvalue weighted by atomic mass is 10.1. The molecule has 2 aromatic carbocycles. The van der Waals surface area contributed by atoms with Gasteiger partial charge in [-0.1, -0.05) is 12.1 Å². The van der Waals surface area contributed by atoms with E-state index in [9.17, 15) is 14.5 Å². The normalized spacial score (nSPS) is 12.0. The van der Waals surface area contributed by atoms with E-state index < -0.39 is 10.7 Å². The van der Waals surface area contributed by atoms with Crippen LogP contribution in [0.15, 0.2) is 40.9 Å². The maximum atomic E-state index is 13.4. The van der Waals surface area contributed by atoms with Crippen LogP contribution in [0, 0.1) is 15.9 Å². The zero-order valence-electron chi connectivity index (χ0n) is 11.1. The van der Waals surface area contributed by atoms with E-state index in [1.807, 2.05) is 19.1 Å². The third-order valence-electron chi connectivity index (χ3n) is 3.04. The molecule has 21 heavy (non-hydrogen) atoms. The lowest BCUT2D eigenvalue weighted by Crippen LogP contribution is -2.09. The third kappa shape index (κ3) is 3.49. The Bertz CT molecular complexity index is 677. The van der Waals surface area contributed by atoms with Crippen LogP contribution < -0.4 is 11.1 Å². The van der Waals surface area contributed by atoms with Crippen molar-refractivity contribution in [2.75, 3.05) is 11.1 Å². The molecule has 5 nitrogen and oxygen atoms in total. The first-order chi connectivity index (χ1) is 9.88. The van der Waals surface area contributed by atoms with Gasteiger partial charge in [0, 0.05) is 11.7 Å². The second-order valence-electron chi connectivity index (χ2n) is 4.57. The number of nitro groups is 1. The van der Waals surface area contributed by atoms with Crippen LogP contribution in [-0.4, -0.2) is 4.92 Å². The van der Waals surface area contributed by atoms with Gasteiger partial charge in [-0.05, 0) is 46.6 Å². The van der Waals surface area contributed by atoms with E-state index in [1.54, 1.807) is 12.1 Å². The maximum absolute atomic E-state index is 13.4. The van der Waals surface area contributed by atoms with Crippen LogP contribution in [0.3, 0.4) is 0 Å². The summed E-state index contributed by atoms with van der Waals surface area (Å²) in [6, 6.07) is 9.23. The number of hydrogen-bond acceptors (Lipinski definition) is 4. The highest BCUT2D eigenvalue weighted by molar-refractivity contribution is 9.10. The fourth-order valence-corrected chi connectivity index (χ4v) is 2.25. The number of benzene rings is 2. The van der Waals surface area contributed by atoms with Gasteiger partial charge in [0.1, 0.15) is 11.5 Å². The average molecular weight is 354 g/mol. The summed E-state index contributed by atoms with van der Waals surface area (Å²) in [5.74, 6) is -0.674. The minimum Gasteiger partial charge on any atom is -0.399 e. The lowest BCUT2D eigenvalue weighted by molar-refractivity contribution is -0.384. The van der Waals surface area contributed by atoms with Crippen molar-refractivity contribution in [2.24, 2.45) is 0 Å². The smallest absolute Gasteiger partial charge is 0.295 e. The van der Waals surface area contributed by atoms with E-state index in [0.29, 0.717) is 5.69 Å². The van der Waals surface area contributed by atoms with Gasteiger partial charge in [0.2, 0.25) is 0 Å². The Labute approximate surface area is 129 Å². The second kappa shape index (κ2) is 6.09. The summed E-state index contributed by atoms with van der Waals surface area (Å²) >= 11 is 3.03. The Morgan fingerprint density at radius 3 is 2.52 bits per heavy atom. The number of nitrogens with two attached hydrogens (primary N) is 1. The predicted molar refractivity (Wildman–Crippen MR) is 83.6 cm³/mol. The molecule has 0 amide bonds. The van der Waals surface area contributed by atoms with Gasteiger partial charge in [-0.2, -0.15) is 0 Å². The van der Waals surface area contributed by atoms with Gasteiger partial charge in [0.15, 0.2) is 0 Å². The fraction of sp³-hybridized carbons (Fsp3) is 0.143. The fourth-order valence-electron chi connectivity index (χ4n) is 1.90. The summed E-state index contributed by atoms with van der Waals surface area (Å²) in [6.45, 7) is 1.85. The highest BCUT2D eigenvalue weighted by Gasteiger charge is 2.19. The van der Waals surface area contributed by atoms with Gasteiger partial charge in [0.05, 0.1) is 15.5 Å². The molecule has 0 saturated heterocycles. The van der Waals surface area contributed by atoms with E-state index in [1.165, 1.54) is 6.07 Å². The van der Waals surface area contributed by atoms with Crippen molar-refractivity contribution in [2.45, 2.75) is 13.0 Å². The topological polar surface area (TPSA) is 81.2 Å². The first kappa shape index (κ1) is 15.2. The molecule has 2 rings (SSSR count). The quantitative estimate of drug-likeness (QED) is 0.489. The van der Waals surface area contributed by atoms with E-state index in [-0.39, 0.29) is 21.9 Å². The molecule has 2 aromatic rings. The molecule has 0 radical (unpaired) electrons. The van der Waals surface area contributed by atoms with Gasteiger partial charge in [0.25, 0.3) is 5.69 Å². The molecular weight excluding hydrogens is 341 g/mol. The van der Waals surface area contributed by atoms with Crippen molar-refractivity contribution in [1.82, 2.24) is 0 Å². The highest BCUT2D eigenvalue weighted by Crippen LogP contribution is 2.33. The van der Waals surface area contributed by atoms with Crippen molar-refractivity contribution in [3.8, 4) is 0 Å². The molecule has 7 heteroatoms. The van der Waals surface area contributed by atoms with Crippen molar-refractivity contribution in [3.63, 3.8) is 0 Å². The van der Waals surface area contributed by atoms with Crippen LogP contribution in [0.4, 0.5) is 21.5 Å². The summed E-state index contributed by atoms with van der Waals surface area (Å²) in [7, 11) is 0. The number of halogens is 2. The number of nitrogens with one attached hydrogen (secondary N) is 1. The molecular formula is C14H13BrFN3O2. The molecule has 0 heterocycles. The van der Waals surface area contributed by atoms with Crippen LogP contribution in [-0.2, 0) is 0 Å². The first-order valence-corrected chi connectivity index (χ1v) is 6.93. The van der Waals surface area contributed by atoms with Gasteiger partial charge in [-0.3, -0.25) is 10.1 Å². The molecule has 0 spiro atoms. The first-order valence-electron chi connectivity index (χ1n) is 6.14. The summed E-state index contributed by atoms with van der Waals surface area (Å²) in [4.78, 5) is 10.4. The molecule has 0 fully saturated rings. The van der Waals surface area contributed by atoms with Gasteiger partial charge >= 0.3 is 0 Å². The van der Waals surface area contributed by atoms with Gasteiger partial charge < -0.3 is 11.1 Å². The van der Waals surface area contributed by atoms with Gasteiger partial charge in [-0.25, -0.2) is 4.39 Å². The highest BCUT2D eigenvalue weighted by atomic mass is 79.9. The molecule has 110 valence electrons. The van der Waals surface area contributed by atoms with E-state index in [0.717, 1.165) is 11.6 Å². The molecule has 0 aliphatic carbocycles. The van der Waals surface area contributed by atoms with Crippen molar-refractivity contribution in [3.05, 3.63) is 62.4 Å². The number of nitro benzene ring substituents is 1. The zero-order chi connectivity index (χ0) is 15.6. The lowest BCUT2D eigenvalue weighted by Gasteiger charge is -2.16. The monoisotopic (exact) mass is 353 g/mol. The number of rotatable bonds is 4. The van der Waals surface area contributed by atoms with Crippen molar-refractivity contribution >= 4 is 33.0 Å². The average Bonchev–Trinajstić information content (AvgIpc) is 2.43.